The second kappa shape index (κ2) is 5.09. The van der Waals surface area contributed by atoms with Crippen LogP contribution in [0.1, 0.15) is 31.7 Å². The third-order valence-corrected chi connectivity index (χ3v) is 3.14. The van der Waals surface area contributed by atoms with Crippen LogP contribution in [0.4, 0.5) is 11.4 Å². The molecule has 2 aromatic rings. The van der Waals surface area contributed by atoms with E-state index in [-0.39, 0.29) is 0 Å². The maximum absolute atomic E-state index is 6.00. The lowest BCUT2D eigenvalue weighted by molar-refractivity contribution is 0.718. The maximum atomic E-state index is 6.00. The summed E-state index contributed by atoms with van der Waals surface area (Å²) in [6.07, 6.45) is 4.92. The normalized spacial score (nSPS) is 10.9. The molecule has 0 aliphatic carbocycles. The fourth-order valence-electron chi connectivity index (χ4n) is 2.19. The van der Waals surface area contributed by atoms with Crippen molar-refractivity contribution < 1.29 is 0 Å². The number of rotatable bonds is 4. The van der Waals surface area contributed by atoms with Gasteiger partial charge in [-0.2, -0.15) is 0 Å². The van der Waals surface area contributed by atoms with Crippen LogP contribution >= 0.6 is 0 Å². The molecule has 2 heteroatoms. The summed E-state index contributed by atoms with van der Waals surface area (Å²) >= 11 is 0. The minimum Gasteiger partial charge on any atom is -0.399 e. The Morgan fingerprint density at radius 3 is 2.59 bits per heavy atom. The van der Waals surface area contributed by atoms with E-state index in [0.29, 0.717) is 0 Å². The summed E-state index contributed by atoms with van der Waals surface area (Å²) in [6, 6.07) is 10.3. The van der Waals surface area contributed by atoms with Gasteiger partial charge in [0.25, 0.3) is 0 Å². The van der Waals surface area contributed by atoms with Crippen LogP contribution in [0.25, 0.3) is 10.8 Å². The van der Waals surface area contributed by atoms with E-state index in [9.17, 15) is 0 Å². The summed E-state index contributed by atoms with van der Waals surface area (Å²) < 4.78 is 0. The SMILES string of the molecule is CCCCCc1ccc2cc(N)cc(N)c2c1. The van der Waals surface area contributed by atoms with Crippen LogP contribution in [0, 0.1) is 0 Å². The molecule has 0 aliphatic heterocycles. The van der Waals surface area contributed by atoms with Crippen LogP contribution in [0.15, 0.2) is 30.3 Å². The van der Waals surface area contributed by atoms with Crippen LogP contribution in [-0.4, -0.2) is 0 Å². The molecule has 2 aromatic carbocycles. The van der Waals surface area contributed by atoms with Gasteiger partial charge in [-0.05, 0) is 42.0 Å². The quantitative estimate of drug-likeness (QED) is 0.618. The number of aryl methyl sites for hydroxylation is 1. The van der Waals surface area contributed by atoms with Gasteiger partial charge in [-0.3, -0.25) is 0 Å². The zero-order valence-electron chi connectivity index (χ0n) is 10.4. The second-order valence-corrected chi connectivity index (χ2v) is 4.62. The molecule has 2 rings (SSSR count). The fraction of sp³-hybridized carbons (Fsp3) is 0.333. The van der Waals surface area contributed by atoms with Crippen LogP contribution < -0.4 is 11.5 Å². The number of fused-ring (bicyclic) bond motifs is 1. The first kappa shape index (κ1) is 11.8. The lowest BCUT2D eigenvalue weighted by Crippen LogP contribution is -1.93. The van der Waals surface area contributed by atoms with Gasteiger partial charge >= 0.3 is 0 Å². The van der Waals surface area contributed by atoms with Crippen LogP contribution in [-0.2, 0) is 6.42 Å². The Bertz CT molecular complexity index is 518. The summed E-state index contributed by atoms with van der Waals surface area (Å²) in [7, 11) is 0. The van der Waals surface area contributed by atoms with Gasteiger partial charge in [0.1, 0.15) is 0 Å². The predicted molar refractivity (Wildman–Crippen MR) is 76.0 cm³/mol. The first-order chi connectivity index (χ1) is 8.20. The van der Waals surface area contributed by atoms with E-state index in [1.165, 1.54) is 24.8 Å². The molecule has 90 valence electrons. The number of benzene rings is 2. The van der Waals surface area contributed by atoms with Crippen molar-refractivity contribution in [3.05, 3.63) is 35.9 Å². The lowest BCUT2D eigenvalue weighted by Gasteiger charge is -2.07. The summed E-state index contributed by atoms with van der Waals surface area (Å²) in [5, 5.41) is 2.25. The van der Waals surface area contributed by atoms with Crippen molar-refractivity contribution in [1.82, 2.24) is 0 Å². The molecular weight excluding hydrogens is 208 g/mol. The molecule has 0 spiro atoms. The molecule has 0 heterocycles. The molecule has 0 atom stereocenters. The van der Waals surface area contributed by atoms with Crippen molar-refractivity contribution in [2.45, 2.75) is 32.6 Å². The van der Waals surface area contributed by atoms with Gasteiger partial charge in [0.2, 0.25) is 0 Å². The average Bonchev–Trinajstić information content (AvgIpc) is 2.30. The third kappa shape index (κ3) is 2.70. The minimum absolute atomic E-state index is 0.730. The lowest BCUT2D eigenvalue weighted by atomic mass is 10.0. The summed E-state index contributed by atoms with van der Waals surface area (Å²) in [5.41, 5.74) is 14.7. The number of nitrogens with two attached hydrogens (primary N) is 2. The average molecular weight is 228 g/mol. The molecular formula is C15H20N2. The molecule has 2 nitrogen and oxygen atoms in total. The van der Waals surface area contributed by atoms with Gasteiger partial charge in [0.15, 0.2) is 0 Å². The van der Waals surface area contributed by atoms with Crippen molar-refractivity contribution in [3.8, 4) is 0 Å². The van der Waals surface area contributed by atoms with E-state index in [2.05, 4.69) is 25.1 Å². The highest BCUT2D eigenvalue weighted by Crippen LogP contribution is 2.26. The molecule has 0 bridgehead atoms. The zero-order chi connectivity index (χ0) is 12.3. The van der Waals surface area contributed by atoms with Gasteiger partial charge in [0, 0.05) is 16.8 Å². The highest BCUT2D eigenvalue weighted by molar-refractivity contribution is 5.95. The van der Waals surface area contributed by atoms with E-state index < -0.39 is 0 Å². The van der Waals surface area contributed by atoms with Crippen molar-refractivity contribution in [2.75, 3.05) is 11.5 Å². The molecule has 0 aliphatic rings. The number of anilines is 2. The van der Waals surface area contributed by atoms with Crippen LogP contribution in [0.2, 0.25) is 0 Å². The Labute approximate surface area is 103 Å². The number of hydrogen-bond acceptors (Lipinski definition) is 2. The summed E-state index contributed by atoms with van der Waals surface area (Å²) in [6.45, 7) is 2.22. The first-order valence-corrected chi connectivity index (χ1v) is 6.28. The van der Waals surface area contributed by atoms with Crippen molar-refractivity contribution in [1.29, 1.82) is 0 Å². The highest BCUT2D eigenvalue weighted by atomic mass is 14.6. The maximum Gasteiger partial charge on any atom is 0.0414 e. The Morgan fingerprint density at radius 2 is 1.82 bits per heavy atom. The first-order valence-electron chi connectivity index (χ1n) is 6.28. The molecule has 0 saturated heterocycles. The van der Waals surface area contributed by atoms with Gasteiger partial charge in [-0.15, -0.1) is 0 Å². The molecule has 0 saturated carbocycles. The Morgan fingerprint density at radius 1 is 1.00 bits per heavy atom. The van der Waals surface area contributed by atoms with E-state index >= 15 is 0 Å². The monoisotopic (exact) mass is 228 g/mol. The predicted octanol–water partition coefficient (Wildman–Crippen LogP) is 3.74. The van der Waals surface area contributed by atoms with Crippen molar-refractivity contribution in [2.24, 2.45) is 0 Å². The van der Waals surface area contributed by atoms with Gasteiger partial charge in [-0.1, -0.05) is 31.9 Å². The van der Waals surface area contributed by atoms with Crippen molar-refractivity contribution >= 4 is 22.1 Å². The highest BCUT2D eigenvalue weighted by Gasteiger charge is 2.01. The van der Waals surface area contributed by atoms with Crippen LogP contribution in [0.5, 0.6) is 0 Å². The van der Waals surface area contributed by atoms with E-state index in [4.69, 9.17) is 11.5 Å². The Hall–Kier alpha value is -1.70. The number of hydrogen-bond donors (Lipinski definition) is 2. The topological polar surface area (TPSA) is 52.0 Å². The van der Waals surface area contributed by atoms with E-state index in [1.807, 2.05) is 12.1 Å². The second-order valence-electron chi connectivity index (χ2n) is 4.62. The van der Waals surface area contributed by atoms with Gasteiger partial charge in [0.05, 0.1) is 0 Å². The third-order valence-electron chi connectivity index (χ3n) is 3.14. The zero-order valence-corrected chi connectivity index (χ0v) is 10.4. The fourth-order valence-corrected chi connectivity index (χ4v) is 2.19. The molecule has 0 radical (unpaired) electrons. The van der Waals surface area contributed by atoms with Gasteiger partial charge in [-0.25, -0.2) is 0 Å². The summed E-state index contributed by atoms with van der Waals surface area (Å²) in [5.74, 6) is 0. The standard InChI is InChI=1S/C15H20N2/c1-2-3-4-5-11-6-7-12-9-13(16)10-15(17)14(12)8-11/h6-10H,2-5,16-17H2,1H3. The molecule has 0 unspecified atom stereocenters. The number of unbranched alkanes of at least 4 members (excludes halogenated alkanes) is 2. The van der Waals surface area contributed by atoms with Gasteiger partial charge < -0.3 is 11.5 Å². The largest absolute Gasteiger partial charge is 0.399 e. The smallest absolute Gasteiger partial charge is 0.0414 e. The molecule has 0 aromatic heterocycles. The molecule has 0 amide bonds. The minimum atomic E-state index is 0.730. The van der Waals surface area contributed by atoms with E-state index in [0.717, 1.165) is 28.6 Å². The number of nitrogen functional groups attached to an aromatic ring is 2. The molecule has 4 N–H and O–H groups in total. The van der Waals surface area contributed by atoms with Crippen LogP contribution in [0.3, 0.4) is 0 Å². The summed E-state index contributed by atoms with van der Waals surface area (Å²) in [4.78, 5) is 0. The van der Waals surface area contributed by atoms with Crippen molar-refractivity contribution in [3.63, 3.8) is 0 Å². The molecule has 0 fully saturated rings. The van der Waals surface area contributed by atoms with E-state index in [1.54, 1.807) is 0 Å². The Balaban J connectivity index is 2.30. The Kier molecular flexibility index (Phi) is 3.52. The molecule has 17 heavy (non-hydrogen) atoms.